The van der Waals surface area contributed by atoms with Crippen LogP contribution in [0.5, 0.6) is 0 Å². The Morgan fingerprint density at radius 1 is 1.00 bits per heavy atom. The SMILES string of the molecule is CCN(C(=O)c1ccc(NC(=O)Cc2ccc(S(=O)(=O)CC)cc2)cc1)c1ccon1. The predicted octanol–water partition coefficient (Wildman–Crippen LogP) is 3.32. The molecular weight excluding hydrogens is 418 g/mol. The maximum atomic E-state index is 12.7. The van der Waals surface area contributed by atoms with Gasteiger partial charge in [-0.05, 0) is 48.9 Å². The Morgan fingerprint density at radius 2 is 1.68 bits per heavy atom. The van der Waals surface area contributed by atoms with E-state index in [1.165, 1.54) is 23.3 Å². The zero-order valence-corrected chi connectivity index (χ0v) is 18.1. The summed E-state index contributed by atoms with van der Waals surface area (Å²) >= 11 is 0. The molecule has 0 radical (unpaired) electrons. The van der Waals surface area contributed by atoms with Gasteiger partial charge in [-0.25, -0.2) is 8.42 Å². The fourth-order valence-electron chi connectivity index (χ4n) is 2.98. The van der Waals surface area contributed by atoms with Crippen LogP contribution in [0, 0.1) is 0 Å². The summed E-state index contributed by atoms with van der Waals surface area (Å²) in [5.41, 5.74) is 1.71. The van der Waals surface area contributed by atoms with Gasteiger partial charge in [0.05, 0.1) is 17.1 Å². The summed E-state index contributed by atoms with van der Waals surface area (Å²) in [6.07, 6.45) is 1.50. The first kappa shape index (κ1) is 22.2. The molecule has 0 atom stereocenters. The van der Waals surface area contributed by atoms with Gasteiger partial charge in [-0.1, -0.05) is 24.2 Å². The molecule has 0 fully saturated rings. The lowest BCUT2D eigenvalue weighted by Gasteiger charge is -2.17. The lowest BCUT2D eigenvalue weighted by molar-refractivity contribution is -0.115. The van der Waals surface area contributed by atoms with Crippen molar-refractivity contribution >= 4 is 33.2 Å². The van der Waals surface area contributed by atoms with Gasteiger partial charge in [0, 0.05) is 23.9 Å². The maximum Gasteiger partial charge on any atom is 0.259 e. The summed E-state index contributed by atoms with van der Waals surface area (Å²) in [6.45, 7) is 3.86. The molecule has 2 aromatic carbocycles. The smallest absolute Gasteiger partial charge is 0.259 e. The van der Waals surface area contributed by atoms with E-state index in [9.17, 15) is 18.0 Å². The van der Waals surface area contributed by atoms with Crippen LogP contribution < -0.4 is 10.2 Å². The molecule has 162 valence electrons. The van der Waals surface area contributed by atoms with Crippen LogP contribution in [-0.2, 0) is 21.1 Å². The highest BCUT2D eigenvalue weighted by molar-refractivity contribution is 7.91. The Morgan fingerprint density at radius 3 is 2.23 bits per heavy atom. The summed E-state index contributed by atoms with van der Waals surface area (Å²) in [4.78, 5) is 26.7. The van der Waals surface area contributed by atoms with Crippen molar-refractivity contribution in [2.24, 2.45) is 0 Å². The zero-order chi connectivity index (χ0) is 22.4. The first-order valence-corrected chi connectivity index (χ1v) is 11.4. The number of carbonyl (C=O) groups excluding carboxylic acids is 2. The summed E-state index contributed by atoms with van der Waals surface area (Å²) < 4.78 is 28.5. The number of hydrogen-bond donors (Lipinski definition) is 1. The fourth-order valence-corrected chi connectivity index (χ4v) is 3.86. The lowest BCUT2D eigenvalue weighted by atomic mass is 10.1. The van der Waals surface area contributed by atoms with Crippen molar-refractivity contribution in [2.45, 2.75) is 25.2 Å². The second-order valence-electron chi connectivity index (χ2n) is 6.76. The van der Waals surface area contributed by atoms with E-state index in [1.54, 1.807) is 49.4 Å². The number of sulfone groups is 1. The van der Waals surface area contributed by atoms with E-state index in [0.717, 1.165) is 0 Å². The monoisotopic (exact) mass is 441 g/mol. The maximum absolute atomic E-state index is 12.7. The molecule has 0 unspecified atom stereocenters. The molecule has 3 rings (SSSR count). The number of rotatable bonds is 8. The second kappa shape index (κ2) is 9.57. The lowest BCUT2D eigenvalue weighted by Crippen LogP contribution is -2.30. The van der Waals surface area contributed by atoms with Crippen molar-refractivity contribution < 1.29 is 22.5 Å². The van der Waals surface area contributed by atoms with Crippen molar-refractivity contribution in [3.05, 3.63) is 72.0 Å². The average molecular weight is 442 g/mol. The van der Waals surface area contributed by atoms with Crippen molar-refractivity contribution in [1.82, 2.24) is 5.16 Å². The van der Waals surface area contributed by atoms with Crippen LogP contribution in [0.25, 0.3) is 0 Å². The molecule has 0 saturated carbocycles. The van der Waals surface area contributed by atoms with Gasteiger partial charge in [-0.2, -0.15) is 0 Å². The average Bonchev–Trinajstić information content (AvgIpc) is 3.29. The van der Waals surface area contributed by atoms with Gasteiger partial charge in [0.1, 0.15) is 6.26 Å². The number of aromatic nitrogens is 1. The summed E-state index contributed by atoms with van der Waals surface area (Å²) in [6, 6.07) is 14.5. The Labute approximate surface area is 180 Å². The molecule has 0 spiro atoms. The molecule has 2 amide bonds. The molecule has 0 aliphatic heterocycles. The van der Waals surface area contributed by atoms with Crippen molar-refractivity contribution in [1.29, 1.82) is 0 Å². The largest absolute Gasteiger partial charge is 0.363 e. The van der Waals surface area contributed by atoms with Crippen LogP contribution in [-0.4, -0.2) is 37.7 Å². The molecule has 8 nitrogen and oxygen atoms in total. The Balaban J connectivity index is 1.62. The number of nitrogens with one attached hydrogen (secondary N) is 1. The molecule has 1 heterocycles. The molecule has 0 saturated heterocycles. The van der Waals surface area contributed by atoms with Crippen molar-refractivity contribution in [3.8, 4) is 0 Å². The van der Waals surface area contributed by atoms with Crippen LogP contribution in [0.2, 0.25) is 0 Å². The molecular formula is C22H23N3O5S. The molecule has 3 aromatic rings. The van der Waals surface area contributed by atoms with Crippen molar-refractivity contribution in [2.75, 3.05) is 22.5 Å². The Hall–Kier alpha value is -3.46. The van der Waals surface area contributed by atoms with Gasteiger partial charge in [-0.3, -0.25) is 14.5 Å². The topological polar surface area (TPSA) is 110 Å². The van der Waals surface area contributed by atoms with Crippen LogP contribution in [0.15, 0.2) is 70.3 Å². The van der Waals surface area contributed by atoms with Gasteiger partial charge >= 0.3 is 0 Å². The second-order valence-corrected chi connectivity index (χ2v) is 9.03. The molecule has 0 aliphatic carbocycles. The van der Waals surface area contributed by atoms with E-state index < -0.39 is 9.84 Å². The van der Waals surface area contributed by atoms with Crippen LogP contribution >= 0.6 is 0 Å². The fraction of sp³-hybridized carbons (Fsp3) is 0.227. The highest BCUT2D eigenvalue weighted by atomic mass is 32.2. The van der Waals surface area contributed by atoms with Crippen LogP contribution in [0.1, 0.15) is 29.8 Å². The minimum Gasteiger partial charge on any atom is -0.363 e. The third-order valence-corrected chi connectivity index (χ3v) is 6.46. The Bertz CT molecular complexity index is 1140. The number of anilines is 2. The van der Waals surface area contributed by atoms with E-state index in [1.807, 2.05) is 6.92 Å². The highest BCUT2D eigenvalue weighted by Gasteiger charge is 2.18. The normalized spacial score (nSPS) is 11.2. The zero-order valence-electron chi connectivity index (χ0n) is 17.2. The number of nitrogens with zero attached hydrogens (tertiary/aromatic N) is 2. The number of benzene rings is 2. The quantitative estimate of drug-likeness (QED) is 0.574. The number of amides is 2. The van der Waals surface area contributed by atoms with Gasteiger partial charge in [0.25, 0.3) is 5.91 Å². The first-order chi connectivity index (χ1) is 14.8. The van der Waals surface area contributed by atoms with Gasteiger partial charge < -0.3 is 9.84 Å². The molecule has 0 aliphatic rings. The molecule has 31 heavy (non-hydrogen) atoms. The molecule has 0 bridgehead atoms. The van der Waals surface area contributed by atoms with Gasteiger partial charge in [0.2, 0.25) is 5.91 Å². The molecule has 1 aromatic heterocycles. The van der Waals surface area contributed by atoms with E-state index in [0.29, 0.717) is 29.2 Å². The Kier molecular flexibility index (Phi) is 6.86. The summed E-state index contributed by atoms with van der Waals surface area (Å²) in [5.74, 6) is -0.0121. The minimum absolute atomic E-state index is 0.0277. The van der Waals surface area contributed by atoms with E-state index in [4.69, 9.17) is 4.52 Å². The van der Waals surface area contributed by atoms with Crippen LogP contribution in [0.4, 0.5) is 11.5 Å². The number of carbonyl (C=O) groups is 2. The molecule has 1 N–H and O–H groups in total. The van der Waals surface area contributed by atoms with Gasteiger partial charge in [0.15, 0.2) is 15.7 Å². The van der Waals surface area contributed by atoms with E-state index in [-0.39, 0.29) is 28.9 Å². The standard InChI is InChI=1S/C22H23N3O5S/c1-3-25(20-13-14-30-24-20)22(27)17-7-9-18(10-8-17)23-21(26)15-16-5-11-19(12-6-16)31(28,29)4-2/h5-14H,3-4,15H2,1-2H3,(H,23,26). The van der Waals surface area contributed by atoms with Crippen LogP contribution in [0.3, 0.4) is 0 Å². The predicted molar refractivity (Wildman–Crippen MR) is 117 cm³/mol. The van der Waals surface area contributed by atoms with E-state index >= 15 is 0 Å². The summed E-state index contributed by atoms with van der Waals surface area (Å²) in [7, 11) is -3.27. The van der Waals surface area contributed by atoms with Gasteiger partial charge in [-0.15, -0.1) is 0 Å². The third kappa shape index (κ3) is 5.37. The van der Waals surface area contributed by atoms with Crippen molar-refractivity contribution in [3.63, 3.8) is 0 Å². The third-order valence-electron chi connectivity index (χ3n) is 4.70. The van der Waals surface area contributed by atoms with E-state index in [2.05, 4.69) is 10.5 Å². The minimum atomic E-state index is -3.27. The molecule has 9 heteroatoms. The highest BCUT2D eigenvalue weighted by Crippen LogP contribution is 2.17. The first-order valence-electron chi connectivity index (χ1n) is 9.78. The summed E-state index contributed by atoms with van der Waals surface area (Å²) in [5, 5.41) is 6.57. The number of hydrogen-bond acceptors (Lipinski definition) is 6.